The molecule has 0 spiro atoms. The number of rotatable bonds is 4. The lowest BCUT2D eigenvalue weighted by Gasteiger charge is -2.36. The van der Waals surface area contributed by atoms with Crippen molar-refractivity contribution in [2.45, 2.75) is 25.7 Å². The first-order valence-electron chi connectivity index (χ1n) is 12.5. The monoisotopic (exact) mass is 551 g/mol. The van der Waals surface area contributed by atoms with Crippen molar-refractivity contribution in [3.8, 4) is 16.9 Å². The lowest BCUT2D eigenvalue weighted by molar-refractivity contribution is -0.213. The number of hydrogen-bond acceptors (Lipinski definition) is 6. The molecule has 1 atom stereocenters. The van der Waals surface area contributed by atoms with Gasteiger partial charge in [-0.3, -0.25) is 28.6 Å². The summed E-state index contributed by atoms with van der Waals surface area (Å²) in [5.74, 6) is -0.807. The number of halogens is 3. The van der Waals surface area contributed by atoms with E-state index < -0.39 is 37.0 Å². The van der Waals surface area contributed by atoms with Gasteiger partial charge in [-0.1, -0.05) is 12.1 Å². The number of alkyl halides is 3. The first-order valence-corrected chi connectivity index (χ1v) is 12.5. The van der Waals surface area contributed by atoms with Crippen LogP contribution in [0.25, 0.3) is 38.9 Å². The summed E-state index contributed by atoms with van der Waals surface area (Å²) in [6.45, 7) is 0.431. The van der Waals surface area contributed by atoms with Crippen LogP contribution in [0, 0.1) is 6.92 Å². The Bertz CT molecular complexity index is 1800. The van der Waals surface area contributed by atoms with Crippen LogP contribution in [0.5, 0.6) is 0 Å². The normalized spacial score (nSPS) is 16.2. The van der Waals surface area contributed by atoms with E-state index in [-0.39, 0.29) is 13.2 Å². The Morgan fingerprint density at radius 2 is 1.93 bits per heavy atom. The molecule has 0 radical (unpaired) electrons. The molecule has 1 amide bonds. The number of amides is 1. The molecule has 10 nitrogen and oxygen atoms in total. The van der Waals surface area contributed by atoms with E-state index >= 15 is 0 Å². The van der Waals surface area contributed by atoms with Crippen molar-refractivity contribution in [1.29, 1.82) is 0 Å². The lowest BCUT2D eigenvalue weighted by Crippen LogP contribution is -2.56. The Hall–Kier alpha value is -4.52. The molecule has 40 heavy (non-hydrogen) atoms. The van der Waals surface area contributed by atoms with Crippen molar-refractivity contribution >= 4 is 27.8 Å². The van der Waals surface area contributed by atoms with Gasteiger partial charge in [-0.05, 0) is 30.7 Å². The molecule has 206 valence electrons. The zero-order valence-electron chi connectivity index (χ0n) is 21.6. The minimum Gasteiger partial charge on any atom is -0.377 e. The molecular formula is C27H24F3N7O3. The molecule has 5 aromatic rings. The van der Waals surface area contributed by atoms with Gasteiger partial charge < -0.3 is 9.64 Å². The summed E-state index contributed by atoms with van der Waals surface area (Å²) < 4.78 is 50.1. The van der Waals surface area contributed by atoms with E-state index in [4.69, 9.17) is 4.74 Å². The number of carbonyl (C=O) groups is 1. The van der Waals surface area contributed by atoms with Crippen molar-refractivity contribution in [3.63, 3.8) is 0 Å². The van der Waals surface area contributed by atoms with Crippen molar-refractivity contribution in [2.75, 3.05) is 19.8 Å². The van der Waals surface area contributed by atoms with Crippen LogP contribution in [-0.4, -0.2) is 71.7 Å². The van der Waals surface area contributed by atoms with Crippen molar-refractivity contribution < 1.29 is 22.7 Å². The summed E-state index contributed by atoms with van der Waals surface area (Å²) >= 11 is 0. The Balaban J connectivity index is 1.40. The van der Waals surface area contributed by atoms with Gasteiger partial charge in [0.05, 0.1) is 59.7 Å². The zero-order valence-corrected chi connectivity index (χ0v) is 21.6. The lowest BCUT2D eigenvalue weighted by atomic mass is 10.1. The van der Waals surface area contributed by atoms with Crippen molar-refractivity contribution in [3.05, 3.63) is 71.2 Å². The van der Waals surface area contributed by atoms with Gasteiger partial charge in [0.2, 0.25) is 5.91 Å². The van der Waals surface area contributed by atoms with Crippen LogP contribution in [0.15, 0.2) is 59.9 Å². The highest BCUT2D eigenvalue weighted by Gasteiger charge is 2.47. The Kier molecular flexibility index (Phi) is 6.17. The quantitative estimate of drug-likeness (QED) is 0.340. The molecule has 0 aliphatic carbocycles. The van der Waals surface area contributed by atoms with E-state index in [0.29, 0.717) is 22.4 Å². The van der Waals surface area contributed by atoms with Gasteiger partial charge in [-0.15, -0.1) is 0 Å². The smallest absolute Gasteiger partial charge is 0.377 e. The Morgan fingerprint density at radius 1 is 1.10 bits per heavy atom. The van der Waals surface area contributed by atoms with Crippen LogP contribution in [0.4, 0.5) is 13.2 Å². The second kappa shape index (κ2) is 9.59. The third kappa shape index (κ3) is 4.22. The molecule has 1 aliphatic heterocycles. The number of pyridine rings is 2. The molecule has 6 rings (SSSR count). The summed E-state index contributed by atoms with van der Waals surface area (Å²) in [7, 11) is 1.82. The van der Waals surface area contributed by atoms with Crippen LogP contribution in [-0.2, 0) is 23.1 Å². The molecule has 5 heterocycles. The topological polar surface area (TPSA) is 100 Å². The summed E-state index contributed by atoms with van der Waals surface area (Å²) in [4.78, 5) is 36.5. The number of ether oxygens (including phenoxy) is 1. The first kappa shape index (κ1) is 25.7. The zero-order chi connectivity index (χ0) is 28.2. The number of morpholine rings is 1. The van der Waals surface area contributed by atoms with E-state index in [2.05, 4.69) is 15.1 Å². The molecule has 4 aromatic heterocycles. The van der Waals surface area contributed by atoms with Crippen LogP contribution < -0.4 is 5.69 Å². The fraction of sp³-hybridized carbons (Fsp3) is 0.296. The number of benzene rings is 1. The molecule has 13 heteroatoms. The number of hydrogen-bond donors (Lipinski definition) is 0. The maximum atomic E-state index is 13.7. The highest BCUT2D eigenvalue weighted by Crippen LogP contribution is 2.29. The molecule has 1 aromatic carbocycles. The number of aromatic nitrogens is 6. The maximum Gasteiger partial charge on any atom is 0.411 e. The van der Waals surface area contributed by atoms with Crippen LogP contribution >= 0.6 is 0 Å². The number of carbonyl (C=O) groups excluding carboxylic acids is 1. The fourth-order valence-electron chi connectivity index (χ4n) is 5.20. The van der Waals surface area contributed by atoms with Crippen molar-refractivity contribution in [1.82, 2.24) is 33.8 Å². The molecule has 1 aliphatic rings. The van der Waals surface area contributed by atoms with Gasteiger partial charge in [-0.25, -0.2) is 4.79 Å². The standard InChI is InChI=1S/C27H24F3N7O3/c1-16-4-3-5-21-25(16)37(26(39)36(21)14-24(38)35-8-9-40-15-23(35)27(28,29)30)17-6-7-20(32-10-17)18-11-31-13-22-19(18)12-33-34(22)2/h3-7,10-13,23H,8-9,14-15H2,1-2H3/t23-/m0/s1. The summed E-state index contributed by atoms with van der Waals surface area (Å²) in [5, 5.41) is 5.16. The molecule has 1 saturated heterocycles. The van der Waals surface area contributed by atoms with E-state index in [0.717, 1.165) is 26.9 Å². The van der Waals surface area contributed by atoms with Gasteiger partial charge in [0.15, 0.2) is 6.04 Å². The van der Waals surface area contributed by atoms with Crippen LogP contribution in [0.1, 0.15) is 5.56 Å². The molecule has 0 unspecified atom stereocenters. The minimum absolute atomic E-state index is 0.00557. The fourth-order valence-corrected chi connectivity index (χ4v) is 5.20. The highest BCUT2D eigenvalue weighted by molar-refractivity contribution is 5.92. The summed E-state index contributed by atoms with van der Waals surface area (Å²) in [6, 6.07) is 6.67. The number of fused-ring (bicyclic) bond motifs is 2. The second-order valence-electron chi connectivity index (χ2n) is 9.66. The van der Waals surface area contributed by atoms with Crippen LogP contribution in [0.3, 0.4) is 0 Å². The average molecular weight is 552 g/mol. The number of imidazole rings is 1. The van der Waals surface area contributed by atoms with E-state index in [9.17, 15) is 22.8 Å². The summed E-state index contributed by atoms with van der Waals surface area (Å²) in [6.07, 6.45) is 2.05. The van der Waals surface area contributed by atoms with Crippen LogP contribution in [0.2, 0.25) is 0 Å². The third-order valence-corrected chi connectivity index (χ3v) is 7.23. The predicted molar refractivity (Wildman–Crippen MR) is 140 cm³/mol. The van der Waals surface area contributed by atoms with E-state index in [1.807, 2.05) is 20.0 Å². The Morgan fingerprint density at radius 3 is 2.67 bits per heavy atom. The largest absolute Gasteiger partial charge is 0.411 e. The average Bonchev–Trinajstić information content (AvgIpc) is 3.46. The number of nitrogens with zero attached hydrogens (tertiary/aromatic N) is 7. The van der Waals surface area contributed by atoms with Gasteiger partial charge in [0.1, 0.15) is 6.54 Å². The first-order chi connectivity index (χ1) is 19.1. The molecule has 0 N–H and O–H groups in total. The minimum atomic E-state index is -4.64. The third-order valence-electron chi connectivity index (χ3n) is 7.23. The van der Waals surface area contributed by atoms with Gasteiger partial charge in [-0.2, -0.15) is 18.3 Å². The van der Waals surface area contributed by atoms with Gasteiger partial charge in [0, 0.05) is 30.7 Å². The number of aryl methyl sites for hydroxylation is 2. The predicted octanol–water partition coefficient (Wildman–Crippen LogP) is 3.23. The molecule has 0 saturated carbocycles. The highest BCUT2D eigenvalue weighted by atomic mass is 19.4. The molecule has 1 fully saturated rings. The second-order valence-corrected chi connectivity index (χ2v) is 9.66. The van der Waals surface area contributed by atoms with Gasteiger partial charge >= 0.3 is 11.9 Å². The van der Waals surface area contributed by atoms with E-state index in [1.54, 1.807) is 53.7 Å². The SMILES string of the molecule is Cc1cccc2c1n(-c1ccc(-c3cncc4c3cnn4C)nc1)c(=O)n2CC(=O)N1CCOC[C@H]1C(F)(F)F. The van der Waals surface area contributed by atoms with Crippen molar-refractivity contribution in [2.24, 2.45) is 7.05 Å². The maximum absolute atomic E-state index is 13.7. The number of para-hydroxylation sites is 1. The molecule has 0 bridgehead atoms. The Labute approximate surface area is 225 Å². The molecular weight excluding hydrogens is 527 g/mol. The van der Waals surface area contributed by atoms with Gasteiger partial charge in [0.25, 0.3) is 0 Å². The summed E-state index contributed by atoms with van der Waals surface area (Å²) in [5.41, 5.74) is 3.88. The van der Waals surface area contributed by atoms with E-state index in [1.165, 1.54) is 9.13 Å².